The van der Waals surface area contributed by atoms with Gasteiger partial charge >= 0.3 is 0 Å². The number of carbonyl (C=O) groups excluding carboxylic acids is 1. The summed E-state index contributed by atoms with van der Waals surface area (Å²) in [5.74, 6) is 0.774. The monoisotopic (exact) mass is 375 g/mol. The first-order chi connectivity index (χ1) is 13.8. The lowest BCUT2D eigenvalue weighted by atomic mass is 10.2. The lowest BCUT2D eigenvalue weighted by Crippen LogP contribution is -2.29. The van der Waals surface area contributed by atoms with E-state index in [9.17, 15) is 4.79 Å². The van der Waals surface area contributed by atoms with Crippen LogP contribution in [0.1, 0.15) is 23.0 Å². The molecular weight excluding hydrogens is 350 g/mol. The van der Waals surface area contributed by atoms with Crippen molar-refractivity contribution in [3.63, 3.8) is 0 Å². The van der Waals surface area contributed by atoms with Gasteiger partial charge in [0, 0.05) is 44.3 Å². The van der Waals surface area contributed by atoms with Gasteiger partial charge in [0.25, 0.3) is 5.91 Å². The molecule has 0 radical (unpaired) electrons. The number of hydrogen-bond donors (Lipinski definition) is 2. The highest BCUT2D eigenvalue weighted by molar-refractivity contribution is 5.93. The van der Waals surface area contributed by atoms with Gasteiger partial charge in [0.2, 0.25) is 0 Å². The first kappa shape index (κ1) is 19.4. The van der Waals surface area contributed by atoms with E-state index in [0.717, 1.165) is 24.6 Å². The van der Waals surface area contributed by atoms with E-state index in [1.807, 2.05) is 55.6 Å². The summed E-state index contributed by atoms with van der Waals surface area (Å²) < 4.78 is 0. The van der Waals surface area contributed by atoms with Gasteiger partial charge < -0.3 is 15.5 Å². The topological polar surface area (TPSA) is 70.2 Å². The number of amides is 1. The molecule has 0 bridgehead atoms. The van der Waals surface area contributed by atoms with Crippen molar-refractivity contribution in [3.05, 3.63) is 84.3 Å². The van der Waals surface area contributed by atoms with Crippen molar-refractivity contribution in [2.45, 2.75) is 13.5 Å². The highest BCUT2D eigenvalue weighted by atomic mass is 16.1. The Bertz CT molecular complexity index is 870. The zero-order chi connectivity index (χ0) is 19.6. The molecule has 1 aromatic carbocycles. The Morgan fingerprint density at radius 1 is 1.00 bits per heavy atom. The third-order valence-corrected chi connectivity index (χ3v) is 4.23. The summed E-state index contributed by atoms with van der Waals surface area (Å²) in [7, 11) is 0. The van der Waals surface area contributed by atoms with Gasteiger partial charge in [-0.05, 0) is 36.8 Å². The van der Waals surface area contributed by atoms with Crippen molar-refractivity contribution >= 4 is 17.4 Å². The number of nitrogens with zero attached hydrogens (tertiary/aromatic N) is 3. The van der Waals surface area contributed by atoms with E-state index in [1.165, 1.54) is 5.56 Å². The molecule has 2 N–H and O–H groups in total. The molecule has 0 spiro atoms. The number of anilines is 2. The van der Waals surface area contributed by atoms with E-state index < -0.39 is 0 Å². The second-order valence-corrected chi connectivity index (χ2v) is 6.31. The number of hydrogen-bond acceptors (Lipinski definition) is 5. The average molecular weight is 375 g/mol. The molecule has 1 amide bonds. The van der Waals surface area contributed by atoms with Crippen LogP contribution in [0, 0.1) is 0 Å². The first-order valence-corrected chi connectivity index (χ1v) is 9.44. The fraction of sp³-hybridized carbons (Fsp3) is 0.227. The lowest BCUT2D eigenvalue weighted by Gasteiger charge is -2.24. The quantitative estimate of drug-likeness (QED) is 0.600. The second-order valence-electron chi connectivity index (χ2n) is 6.31. The van der Waals surface area contributed by atoms with E-state index in [2.05, 4.69) is 37.6 Å². The van der Waals surface area contributed by atoms with Gasteiger partial charge in [0.15, 0.2) is 0 Å². The predicted molar refractivity (Wildman–Crippen MR) is 112 cm³/mol. The molecule has 0 saturated heterocycles. The van der Waals surface area contributed by atoms with E-state index >= 15 is 0 Å². The fourth-order valence-electron chi connectivity index (χ4n) is 2.87. The molecule has 144 valence electrons. The third-order valence-electron chi connectivity index (χ3n) is 4.23. The molecule has 2 aromatic heterocycles. The predicted octanol–water partition coefficient (Wildman–Crippen LogP) is 3.35. The van der Waals surface area contributed by atoms with E-state index in [1.54, 1.807) is 12.3 Å². The number of rotatable bonds is 9. The highest BCUT2D eigenvalue weighted by Gasteiger charge is 2.09. The van der Waals surface area contributed by atoms with Crippen molar-refractivity contribution in [2.75, 3.05) is 29.9 Å². The largest absolute Gasteiger partial charge is 0.383 e. The van der Waals surface area contributed by atoms with Crippen LogP contribution in [-0.4, -0.2) is 35.5 Å². The SMILES string of the molecule is CCNC(=O)c1cc(NCCN(Cc2ccccc2)c2ccccn2)ccn1. The Hall–Kier alpha value is -3.41. The third kappa shape index (κ3) is 5.54. The van der Waals surface area contributed by atoms with Gasteiger partial charge in [-0.2, -0.15) is 0 Å². The molecule has 0 aliphatic heterocycles. The van der Waals surface area contributed by atoms with Gasteiger partial charge in [-0.3, -0.25) is 9.78 Å². The Labute approximate surface area is 165 Å². The van der Waals surface area contributed by atoms with Crippen LogP contribution in [0.2, 0.25) is 0 Å². The van der Waals surface area contributed by atoms with Crippen LogP contribution in [-0.2, 0) is 6.54 Å². The van der Waals surface area contributed by atoms with Crippen molar-refractivity contribution in [2.24, 2.45) is 0 Å². The standard InChI is InChI=1S/C22H25N5O/c1-2-23-22(28)20-16-19(11-13-25-20)24-14-15-27(21-10-6-7-12-26-21)17-18-8-4-3-5-9-18/h3-13,16H,2,14-15,17H2,1H3,(H,23,28)(H,24,25). The Kier molecular flexibility index (Phi) is 6.95. The molecule has 2 heterocycles. The number of pyridine rings is 2. The average Bonchev–Trinajstić information content (AvgIpc) is 2.75. The van der Waals surface area contributed by atoms with Gasteiger partial charge in [-0.1, -0.05) is 36.4 Å². The first-order valence-electron chi connectivity index (χ1n) is 9.44. The van der Waals surface area contributed by atoms with Gasteiger partial charge in [-0.15, -0.1) is 0 Å². The zero-order valence-corrected chi connectivity index (χ0v) is 16.0. The summed E-state index contributed by atoms with van der Waals surface area (Å²) in [5, 5.41) is 6.15. The maximum Gasteiger partial charge on any atom is 0.269 e. The van der Waals surface area contributed by atoms with Gasteiger partial charge in [0.1, 0.15) is 11.5 Å². The van der Waals surface area contributed by atoms with Crippen molar-refractivity contribution in [1.29, 1.82) is 0 Å². The smallest absolute Gasteiger partial charge is 0.269 e. The number of carbonyl (C=O) groups is 1. The second kappa shape index (κ2) is 10.1. The fourth-order valence-corrected chi connectivity index (χ4v) is 2.87. The molecule has 6 heteroatoms. The molecule has 0 fully saturated rings. The van der Waals surface area contributed by atoms with E-state index in [-0.39, 0.29) is 5.91 Å². The maximum absolute atomic E-state index is 11.9. The molecular formula is C22H25N5O. The molecule has 0 aliphatic carbocycles. The van der Waals surface area contributed by atoms with Crippen LogP contribution in [0.3, 0.4) is 0 Å². The van der Waals surface area contributed by atoms with E-state index in [4.69, 9.17) is 0 Å². The molecule has 0 unspecified atom stereocenters. The normalized spacial score (nSPS) is 10.3. The van der Waals surface area contributed by atoms with Crippen LogP contribution in [0.15, 0.2) is 73.1 Å². The Balaban J connectivity index is 1.64. The molecule has 28 heavy (non-hydrogen) atoms. The Morgan fingerprint density at radius 3 is 2.57 bits per heavy atom. The van der Waals surface area contributed by atoms with Crippen LogP contribution < -0.4 is 15.5 Å². The zero-order valence-electron chi connectivity index (χ0n) is 16.0. The Morgan fingerprint density at radius 2 is 1.82 bits per heavy atom. The summed E-state index contributed by atoms with van der Waals surface area (Å²) in [6, 6.07) is 19.9. The van der Waals surface area contributed by atoms with Crippen LogP contribution in [0.5, 0.6) is 0 Å². The van der Waals surface area contributed by atoms with Crippen LogP contribution in [0.25, 0.3) is 0 Å². The molecule has 3 aromatic rings. The van der Waals surface area contributed by atoms with Gasteiger partial charge in [0.05, 0.1) is 0 Å². The molecule has 3 rings (SSSR count). The number of benzene rings is 1. The van der Waals surface area contributed by atoms with Crippen LogP contribution in [0.4, 0.5) is 11.5 Å². The highest BCUT2D eigenvalue weighted by Crippen LogP contribution is 2.14. The van der Waals surface area contributed by atoms with Gasteiger partial charge in [-0.25, -0.2) is 4.98 Å². The van der Waals surface area contributed by atoms with Crippen molar-refractivity contribution in [3.8, 4) is 0 Å². The van der Waals surface area contributed by atoms with E-state index in [0.29, 0.717) is 18.8 Å². The summed E-state index contributed by atoms with van der Waals surface area (Å²) in [6.45, 7) is 4.72. The summed E-state index contributed by atoms with van der Waals surface area (Å²) >= 11 is 0. The summed E-state index contributed by atoms with van der Waals surface area (Å²) in [6.07, 6.45) is 3.45. The summed E-state index contributed by atoms with van der Waals surface area (Å²) in [4.78, 5) is 22.8. The van der Waals surface area contributed by atoms with Crippen LogP contribution >= 0.6 is 0 Å². The maximum atomic E-state index is 11.9. The van der Waals surface area contributed by atoms with Crippen molar-refractivity contribution in [1.82, 2.24) is 15.3 Å². The molecule has 6 nitrogen and oxygen atoms in total. The molecule has 0 atom stereocenters. The number of nitrogens with one attached hydrogen (secondary N) is 2. The lowest BCUT2D eigenvalue weighted by molar-refractivity contribution is 0.0951. The minimum atomic E-state index is -0.162. The van der Waals surface area contributed by atoms with Crippen molar-refractivity contribution < 1.29 is 4.79 Å². The molecule has 0 aliphatic rings. The minimum absolute atomic E-state index is 0.162. The number of aromatic nitrogens is 2. The molecule has 0 saturated carbocycles. The summed E-state index contributed by atoms with van der Waals surface area (Å²) in [5.41, 5.74) is 2.52. The minimum Gasteiger partial charge on any atom is -0.383 e.